The van der Waals surface area contributed by atoms with Gasteiger partial charge in [-0.2, -0.15) is 0 Å². The first kappa shape index (κ1) is 9.45. The van der Waals surface area contributed by atoms with Crippen molar-refractivity contribution in [3.05, 3.63) is 16.9 Å². The second kappa shape index (κ2) is 4.41. The number of hydrogen-bond donors (Lipinski definition) is 1. The minimum atomic E-state index is 0.602. The molecule has 2 aliphatic rings. The second-order valence-electron chi connectivity index (χ2n) is 3.72. The third-order valence-electron chi connectivity index (χ3n) is 2.71. The highest BCUT2D eigenvalue weighted by atomic mass is 16.5. The van der Waals surface area contributed by atoms with Crippen LogP contribution >= 0.6 is 0 Å². The van der Waals surface area contributed by atoms with Gasteiger partial charge in [0.2, 0.25) is 0 Å². The molecule has 0 aromatic carbocycles. The third-order valence-corrected chi connectivity index (χ3v) is 2.71. The fourth-order valence-electron chi connectivity index (χ4n) is 1.96. The highest BCUT2D eigenvalue weighted by Crippen LogP contribution is 2.17. The van der Waals surface area contributed by atoms with Crippen LogP contribution in [-0.4, -0.2) is 37.7 Å². The maximum Gasteiger partial charge on any atom is 0.124 e. The van der Waals surface area contributed by atoms with Crippen LogP contribution in [0.1, 0.15) is 6.42 Å². The largest absolute Gasteiger partial charge is 0.381 e. The maximum absolute atomic E-state index is 10.1. The van der Waals surface area contributed by atoms with E-state index in [0.29, 0.717) is 5.92 Å². The standard InChI is InChI=1S/C9H15N3O2/c13-11-5-9-10-2-3-12(9)6-8-1-4-14-7-8/h5,8,10H,1-4,6-7H2/b9-5+. The number of nitrogens with one attached hydrogen (secondary N) is 1. The van der Waals surface area contributed by atoms with Gasteiger partial charge in [0.1, 0.15) is 12.0 Å². The first-order valence-corrected chi connectivity index (χ1v) is 4.99. The minimum absolute atomic E-state index is 0.602. The Balaban J connectivity index is 1.89. The van der Waals surface area contributed by atoms with Crippen molar-refractivity contribution in [2.75, 3.05) is 32.8 Å². The molecule has 0 amide bonds. The summed E-state index contributed by atoms with van der Waals surface area (Å²) in [6.45, 7) is 4.54. The van der Waals surface area contributed by atoms with E-state index in [4.69, 9.17) is 4.74 Å². The number of nitrogens with zero attached hydrogens (tertiary/aromatic N) is 2. The van der Waals surface area contributed by atoms with E-state index in [-0.39, 0.29) is 0 Å². The number of rotatable bonds is 3. The summed E-state index contributed by atoms with van der Waals surface area (Å²) in [5, 5.41) is 5.93. The molecule has 2 rings (SSSR count). The lowest BCUT2D eigenvalue weighted by Crippen LogP contribution is -2.27. The molecule has 0 aromatic rings. The first-order valence-electron chi connectivity index (χ1n) is 4.99. The topological polar surface area (TPSA) is 53.9 Å². The van der Waals surface area contributed by atoms with Crippen LogP contribution in [-0.2, 0) is 4.74 Å². The molecule has 0 aromatic heterocycles. The Bertz CT molecular complexity index is 236. The highest BCUT2D eigenvalue weighted by Gasteiger charge is 2.23. The Morgan fingerprint density at radius 1 is 1.71 bits per heavy atom. The van der Waals surface area contributed by atoms with Crippen LogP contribution in [0.5, 0.6) is 0 Å². The van der Waals surface area contributed by atoms with Crippen LogP contribution in [0.2, 0.25) is 0 Å². The first-order chi connectivity index (χ1) is 6.90. The number of hydrogen-bond acceptors (Lipinski definition) is 5. The predicted octanol–water partition coefficient (Wildman–Crippen LogP) is 0.493. The van der Waals surface area contributed by atoms with Crippen molar-refractivity contribution in [1.29, 1.82) is 0 Å². The molecule has 1 N–H and O–H groups in total. The quantitative estimate of drug-likeness (QED) is 0.669. The molecule has 5 heteroatoms. The fourth-order valence-corrected chi connectivity index (χ4v) is 1.96. The summed E-state index contributed by atoms with van der Waals surface area (Å²) in [7, 11) is 0. The third kappa shape index (κ3) is 2.04. The Kier molecular flexibility index (Phi) is 2.98. The lowest BCUT2D eigenvalue weighted by molar-refractivity contribution is 0.177. The molecular weight excluding hydrogens is 182 g/mol. The minimum Gasteiger partial charge on any atom is -0.381 e. The fraction of sp³-hybridized carbons (Fsp3) is 0.778. The molecular formula is C9H15N3O2. The zero-order valence-corrected chi connectivity index (χ0v) is 8.11. The summed E-state index contributed by atoms with van der Waals surface area (Å²) >= 11 is 0. The highest BCUT2D eigenvalue weighted by molar-refractivity contribution is 5.03. The lowest BCUT2D eigenvalue weighted by Gasteiger charge is -2.21. The van der Waals surface area contributed by atoms with Crippen LogP contribution in [0.3, 0.4) is 0 Å². The number of ether oxygens (including phenoxy) is 1. The molecule has 2 aliphatic heterocycles. The predicted molar refractivity (Wildman–Crippen MR) is 52.4 cm³/mol. The van der Waals surface area contributed by atoms with E-state index in [1.807, 2.05) is 0 Å². The summed E-state index contributed by atoms with van der Waals surface area (Å²) in [4.78, 5) is 12.3. The molecule has 5 nitrogen and oxygen atoms in total. The van der Waals surface area contributed by atoms with Crippen molar-refractivity contribution in [3.63, 3.8) is 0 Å². The normalized spacial score (nSPS) is 29.6. The lowest BCUT2D eigenvalue weighted by atomic mass is 10.1. The molecule has 1 atom stereocenters. The summed E-state index contributed by atoms with van der Waals surface area (Å²) in [6, 6.07) is 0. The maximum atomic E-state index is 10.1. The van der Waals surface area contributed by atoms with E-state index in [9.17, 15) is 4.91 Å². The van der Waals surface area contributed by atoms with Crippen LogP contribution in [0.15, 0.2) is 17.2 Å². The zero-order valence-electron chi connectivity index (χ0n) is 8.11. The Labute approximate surface area is 83.1 Å². The van der Waals surface area contributed by atoms with E-state index in [1.165, 1.54) is 6.20 Å². The number of nitroso groups, excluding NO2 is 1. The van der Waals surface area contributed by atoms with Gasteiger partial charge in [-0.15, -0.1) is 4.91 Å². The smallest absolute Gasteiger partial charge is 0.124 e. The van der Waals surface area contributed by atoms with Crippen molar-refractivity contribution in [3.8, 4) is 0 Å². The second-order valence-corrected chi connectivity index (χ2v) is 3.72. The molecule has 0 radical (unpaired) electrons. The van der Waals surface area contributed by atoms with Gasteiger partial charge in [0.25, 0.3) is 0 Å². The summed E-state index contributed by atoms with van der Waals surface area (Å²) in [5.41, 5.74) is 0. The van der Waals surface area contributed by atoms with E-state index < -0.39 is 0 Å². The van der Waals surface area contributed by atoms with Crippen LogP contribution in [0.25, 0.3) is 0 Å². The van der Waals surface area contributed by atoms with Gasteiger partial charge in [-0.1, -0.05) is 0 Å². The van der Waals surface area contributed by atoms with Gasteiger partial charge in [0.05, 0.1) is 6.61 Å². The monoisotopic (exact) mass is 197 g/mol. The van der Waals surface area contributed by atoms with Crippen molar-refractivity contribution in [2.45, 2.75) is 6.42 Å². The van der Waals surface area contributed by atoms with Crippen LogP contribution < -0.4 is 5.32 Å². The molecule has 78 valence electrons. The zero-order chi connectivity index (χ0) is 9.80. The van der Waals surface area contributed by atoms with E-state index in [2.05, 4.69) is 15.4 Å². The molecule has 0 aliphatic carbocycles. The van der Waals surface area contributed by atoms with E-state index in [0.717, 1.165) is 45.1 Å². The van der Waals surface area contributed by atoms with Crippen LogP contribution in [0.4, 0.5) is 0 Å². The average Bonchev–Trinajstić information content (AvgIpc) is 2.80. The summed E-state index contributed by atoms with van der Waals surface area (Å²) in [6.07, 6.45) is 2.47. The van der Waals surface area contributed by atoms with Gasteiger partial charge in [-0.05, 0) is 11.6 Å². The molecule has 2 fully saturated rings. The van der Waals surface area contributed by atoms with E-state index >= 15 is 0 Å². The summed E-state index contributed by atoms with van der Waals surface area (Å²) in [5.74, 6) is 1.46. The molecule has 1 unspecified atom stereocenters. The molecule has 2 heterocycles. The van der Waals surface area contributed by atoms with Crippen molar-refractivity contribution in [2.24, 2.45) is 11.1 Å². The molecule has 2 saturated heterocycles. The van der Waals surface area contributed by atoms with E-state index in [1.54, 1.807) is 0 Å². The summed E-state index contributed by atoms with van der Waals surface area (Å²) < 4.78 is 5.31. The Morgan fingerprint density at radius 3 is 3.36 bits per heavy atom. The molecule has 0 saturated carbocycles. The van der Waals surface area contributed by atoms with Gasteiger partial charge in [0, 0.05) is 32.2 Å². The molecule has 0 bridgehead atoms. The van der Waals surface area contributed by atoms with Crippen molar-refractivity contribution < 1.29 is 4.74 Å². The van der Waals surface area contributed by atoms with Gasteiger partial charge < -0.3 is 15.0 Å². The average molecular weight is 197 g/mol. The van der Waals surface area contributed by atoms with Crippen molar-refractivity contribution in [1.82, 2.24) is 10.2 Å². The molecule has 14 heavy (non-hydrogen) atoms. The Hall–Kier alpha value is -1.10. The molecule has 0 spiro atoms. The van der Waals surface area contributed by atoms with Gasteiger partial charge in [0.15, 0.2) is 0 Å². The van der Waals surface area contributed by atoms with Gasteiger partial charge in [-0.3, -0.25) is 0 Å². The van der Waals surface area contributed by atoms with Crippen LogP contribution in [0, 0.1) is 10.8 Å². The Morgan fingerprint density at radius 2 is 2.64 bits per heavy atom. The van der Waals surface area contributed by atoms with Crippen molar-refractivity contribution >= 4 is 0 Å². The van der Waals surface area contributed by atoms with Gasteiger partial charge in [-0.25, -0.2) is 0 Å². The SMILES string of the molecule is O=N/C=C1\NCCN1CC1CCOC1. The van der Waals surface area contributed by atoms with Gasteiger partial charge >= 0.3 is 0 Å².